The van der Waals surface area contributed by atoms with Gasteiger partial charge in [0.15, 0.2) is 5.43 Å². The fraction of sp³-hybridized carbons (Fsp3) is 0.120. The molecule has 4 nitrogen and oxygen atoms in total. The maximum atomic E-state index is 13.8. The number of benzene rings is 3. The van der Waals surface area contributed by atoms with Crippen molar-refractivity contribution in [2.45, 2.75) is 12.5 Å². The first-order chi connectivity index (χ1) is 15.0. The molecule has 0 saturated carbocycles. The maximum Gasteiger partial charge on any atom is 0.290 e. The molecule has 6 heteroatoms. The molecule has 1 aromatic heterocycles. The van der Waals surface area contributed by atoms with Crippen LogP contribution in [0.5, 0.6) is 0 Å². The number of rotatable bonds is 4. The van der Waals surface area contributed by atoms with Gasteiger partial charge in [0.2, 0.25) is 5.76 Å². The molecule has 0 saturated heterocycles. The Morgan fingerprint density at radius 1 is 0.968 bits per heavy atom. The number of carbonyl (C=O) groups excluding carboxylic acids is 1. The number of nitrogens with zero attached hydrogens (tertiary/aromatic N) is 1. The maximum absolute atomic E-state index is 13.8. The van der Waals surface area contributed by atoms with Gasteiger partial charge in [0.1, 0.15) is 11.4 Å². The molecule has 1 aliphatic heterocycles. The van der Waals surface area contributed by atoms with E-state index in [1.807, 2.05) is 30.3 Å². The Morgan fingerprint density at radius 2 is 1.71 bits per heavy atom. The van der Waals surface area contributed by atoms with Crippen molar-refractivity contribution in [2.24, 2.45) is 0 Å². The van der Waals surface area contributed by atoms with Crippen molar-refractivity contribution in [3.63, 3.8) is 0 Å². The second-order valence-corrected chi connectivity index (χ2v) is 7.94. The van der Waals surface area contributed by atoms with Crippen LogP contribution >= 0.6 is 11.6 Å². The Bertz CT molecular complexity index is 1350. The van der Waals surface area contributed by atoms with Crippen LogP contribution in [0.3, 0.4) is 0 Å². The Hall–Kier alpha value is -3.44. The second kappa shape index (κ2) is 7.67. The lowest BCUT2D eigenvalue weighted by Crippen LogP contribution is -2.31. The number of amides is 1. The van der Waals surface area contributed by atoms with Gasteiger partial charge in [0, 0.05) is 11.6 Å². The molecule has 0 bridgehead atoms. The molecule has 5 rings (SSSR count). The largest absolute Gasteiger partial charge is 0.450 e. The van der Waals surface area contributed by atoms with E-state index in [1.54, 1.807) is 29.2 Å². The fourth-order valence-corrected chi connectivity index (χ4v) is 4.24. The molecule has 0 aliphatic carbocycles. The average molecular weight is 434 g/mol. The van der Waals surface area contributed by atoms with Crippen LogP contribution in [-0.2, 0) is 6.42 Å². The van der Waals surface area contributed by atoms with E-state index in [0.717, 1.165) is 17.2 Å². The lowest BCUT2D eigenvalue weighted by Gasteiger charge is -2.25. The SMILES string of the molecule is O=C1c2oc3ccc(F)cc3c(=O)c2C(c2ccc(Cl)cc2)N1CCc1ccccc1. The fourth-order valence-electron chi connectivity index (χ4n) is 4.11. The molecule has 3 aromatic carbocycles. The van der Waals surface area contributed by atoms with Gasteiger partial charge < -0.3 is 9.32 Å². The molecular formula is C25H17ClFNO3. The summed E-state index contributed by atoms with van der Waals surface area (Å²) in [7, 11) is 0. The lowest BCUT2D eigenvalue weighted by atomic mass is 9.98. The molecule has 1 amide bonds. The van der Waals surface area contributed by atoms with Gasteiger partial charge in [-0.25, -0.2) is 4.39 Å². The highest BCUT2D eigenvalue weighted by atomic mass is 35.5. The van der Waals surface area contributed by atoms with Gasteiger partial charge in [-0.2, -0.15) is 0 Å². The van der Waals surface area contributed by atoms with Crippen LogP contribution in [-0.4, -0.2) is 17.4 Å². The summed E-state index contributed by atoms with van der Waals surface area (Å²) in [6.45, 7) is 0.393. The van der Waals surface area contributed by atoms with Gasteiger partial charge in [-0.05, 0) is 47.9 Å². The Labute approximate surface area is 182 Å². The minimum absolute atomic E-state index is 0.0112. The normalized spacial score (nSPS) is 15.5. The van der Waals surface area contributed by atoms with Gasteiger partial charge in [-0.15, -0.1) is 0 Å². The summed E-state index contributed by atoms with van der Waals surface area (Å²) < 4.78 is 19.6. The third kappa shape index (κ3) is 3.41. The van der Waals surface area contributed by atoms with Crippen molar-refractivity contribution >= 4 is 28.5 Å². The van der Waals surface area contributed by atoms with Gasteiger partial charge >= 0.3 is 0 Å². The van der Waals surface area contributed by atoms with E-state index in [1.165, 1.54) is 12.1 Å². The summed E-state index contributed by atoms with van der Waals surface area (Å²) in [5, 5.41) is 0.673. The van der Waals surface area contributed by atoms with E-state index in [-0.39, 0.29) is 28.2 Å². The number of hydrogen-bond acceptors (Lipinski definition) is 3. The number of carbonyl (C=O) groups is 1. The first-order valence-electron chi connectivity index (χ1n) is 9.89. The van der Waals surface area contributed by atoms with Crippen molar-refractivity contribution in [2.75, 3.05) is 6.54 Å². The molecule has 1 atom stereocenters. The van der Waals surface area contributed by atoms with Crippen LogP contribution in [0.1, 0.15) is 33.3 Å². The van der Waals surface area contributed by atoms with E-state index < -0.39 is 17.3 Å². The topological polar surface area (TPSA) is 50.5 Å². The quantitative estimate of drug-likeness (QED) is 0.434. The minimum Gasteiger partial charge on any atom is -0.450 e. The second-order valence-electron chi connectivity index (χ2n) is 7.50. The highest BCUT2D eigenvalue weighted by molar-refractivity contribution is 6.30. The zero-order valence-corrected chi connectivity index (χ0v) is 17.1. The first kappa shape index (κ1) is 19.5. The smallest absolute Gasteiger partial charge is 0.290 e. The molecule has 0 radical (unpaired) electrons. The first-order valence-corrected chi connectivity index (χ1v) is 10.3. The third-order valence-electron chi connectivity index (χ3n) is 5.60. The highest BCUT2D eigenvalue weighted by Gasteiger charge is 2.42. The van der Waals surface area contributed by atoms with Crippen molar-refractivity contribution < 1.29 is 13.6 Å². The minimum atomic E-state index is -0.632. The number of hydrogen-bond donors (Lipinski definition) is 0. The van der Waals surface area contributed by atoms with E-state index in [0.29, 0.717) is 18.0 Å². The summed E-state index contributed by atoms with van der Waals surface area (Å²) in [5.74, 6) is -0.876. The van der Waals surface area contributed by atoms with Crippen molar-refractivity contribution in [3.8, 4) is 0 Å². The zero-order chi connectivity index (χ0) is 21.5. The van der Waals surface area contributed by atoms with Gasteiger partial charge in [-0.3, -0.25) is 9.59 Å². The van der Waals surface area contributed by atoms with Crippen LogP contribution in [0.25, 0.3) is 11.0 Å². The van der Waals surface area contributed by atoms with E-state index in [4.69, 9.17) is 16.0 Å². The van der Waals surface area contributed by atoms with Crippen molar-refractivity contribution in [3.05, 3.63) is 116 Å². The van der Waals surface area contributed by atoms with Crippen molar-refractivity contribution in [1.82, 2.24) is 4.90 Å². The third-order valence-corrected chi connectivity index (χ3v) is 5.85. The summed E-state index contributed by atoms with van der Waals surface area (Å²) in [6, 6.07) is 19.9. The lowest BCUT2D eigenvalue weighted by molar-refractivity contribution is 0.0730. The van der Waals surface area contributed by atoms with E-state index in [2.05, 4.69) is 0 Å². The molecule has 2 heterocycles. The summed E-state index contributed by atoms with van der Waals surface area (Å²) in [5.41, 5.74) is 1.85. The standard InChI is InChI=1S/C25H17ClFNO3/c26-17-8-6-16(7-9-17)22-21-23(29)19-14-18(27)10-11-20(19)31-24(21)25(30)28(22)13-12-15-4-2-1-3-5-15/h1-11,14,22H,12-13H2. The number of halogens is 2. The average Bonchev–Trinajstić information content (AvgIpc) is 3.06. The molecule has 0 spiro atoms. The monoisotopic (exact) mass is 433 g/mol. The zero-order valence-electron chi connectivity index (χ0n) is 16.3. The van der Waals surface area contributed by atoms with Crippen LogP contribution in [0.4, 0.5) is 4.39 Å². The van der Waals surface area contributed by atoms with Crippen LogP contribution in [0.2, 0.25) is 5.02 Å². The van der Waals surface area contributed by atoms with Gasteiger partial charge in [0.05, 0.1) is 17.0 Å². The van der Waals surface area contributed by atoms with Crippen LogP contribution in [0.15, 0.2) is 82.0 Å². The number of fused-ring (bicyclic) bond motifs is 2. The summed E-state index contributed by atoms with van der Waals surface area (Å²) >= 11 is 6.05. The molecule has 0 N–H and O–H groups in total. The van der Waals surface area contributed by atoms with E-state index >= 15 is 0 Å². The summed E-state index contributed by atoms with van der Waals surface area (Å²) in [4.78, 5) is 28.3. The Morgan fingerprint density at radius 3 is 2.45 bits per heavy atom. The molecule has 1 unspecified atom stereocenters. The molecule has 4 aromatic rings. The molecular weight excluding hydrogens is 417 g/mol. The van der Waals surface area contributed by atoms with Crippen molar-refractivity contribution in [1.29, 1.82) is 0 Å². The highest BCUT2D eigenvalue weighted by Crippen LogP contribution is 2.38. The Kier molecular flexibility index (Phi) is 4.83. The van der Waals surface area contributed by atoms with Crippen LogP contribution in [0, 0.1) is 5.82 Å². The molecule has 0 fully saturated rings. The molecule has 31 heavy (non-hydrogen) atoms. The van der Waals surface area contributed by atoms with Gasteiger partial charge in [0.25, 0.3) is 5.91 Å². The predicted octanol–water partition coefficient (Wildman–Crippen LogP) is 5.37. The predicted molar refractivity (Wildman–Crippen MR) is 117 cm³/mol. The Balaban J connectivity index is 1.66. The summed E-state index contributed by atoms with van der Waals surface area (Å²) in [6.07, 6.45) is 0.618. The molecule has 1 aliphatic rings. The van der Waals surface area contributed by atoms with Crippen LogP contribution < -0.4 is 5.43 Å². The molecule has 154 valence electrons. The van der Waals surface area contributed by atoms with Gasteiger partial charge in [-0.1, -0.05) is 54.1 Å². The van der Waals surface area contributed by atoms with E-state index in [9.17, 15) is 14.0 Å².